The third-order valence-electron chi connectivity index (χ3n) is 1.92. The highest BCUT2D eigenvalue weighted by Crippen LogP contribution is 2.14. The standard InChI is InChI=1S/C10H8N2O3/c13-7-3-1-2-6(4-7)5-8-9(14)12-10(15)11-8/h1-5,13H,(H2,11,12,14,15)/p+1/b8-5-. The first-order valence-corrected chi connectivity index (χ1v) is 4.31. The summed E-state index contributed by atoms with van der Waals surface area (Å²) in [6.07, 6.45) is 1.53. The van der Waals surface area contributed by atoms with Gasteiger partial charge in [-0.1, -0.05) is 12.1 Å². The minimum atomic E-state index is -0.520. The Morgan fingerprint density at radius 1 is 1.20 bits per heavy atom. The number of urea groups is 1. The van der Waals surface area contributed by atoms with Crippen molar-refractivity contribution in [3.8, 4) is 5.75 Å². The third-order valence-corrected chi connectivity index (χ3v) is 1.92. The first-order chi connectivity index (χ1) is 7.15. The van der Waals surface area contributed by atoms with E-state index in [2.05, 4.69) is 10.6 Å². The normalized spacial score (nSPS) is 17.7. The Morgan fingerprint density at radius 3 is 2.60 bits per heavy atom. The second kappa shape index (κ2) is 3.45. The van der Waals surface area contributed by atoms with E-state index in [-0.39, 0.29) is 5.70 Å². The van der Waals surface area contributed by atoms with Crippen LogP contribution < -0.4 is 10.6 Å². The topological polar surface area (TPSA) is 81.1 Å². The molecular weight excluding hydrogens is 196 g/mol. The third kappa shape index (κ3) is 1.96. The van der Waals surface area contributed by atoms with E-state index in [1.165, 1.54) is 6.08 Å². The summed E-state index contributed by atoms with van der Waals surface area (Å²) < 4.78 is 0. The maximum atomic E-state index is 11.2. The molecule has 4 N–H and O–H groups in total. The number of rotatable bonds is 1. The maximum Gasteiger partial charge on any atom is 0.326 e. The van der Waals surface area contributed by atoms with Gasteiger partial charge in [-0.2, -0.15) is 0 Å². The number of carbonyl (C=O) groups excluding carboxylic acids is 2. The van der Waals surface area contributed by atoms with E-state index in [0.717, 1.165) is 0 Å². The Labute approximate surface area is 85.4 Å². The monoisotopic (exact) mass is 205 g/mol. The predicted octanol–water partition coefficient (Wildman–Crippen LogP) is 0.305. The molecule has 5 heteroatoms. The molecule has 0 aliphatic carbocycles. The molecule has 1 fully saturated rings. The van der Waals surface area contributed by atoms with Crippen LogP contribution in [-0.2, 0) is 4.79 Å². The Hall–Kier alpha value is -2.30. The van der Waals surface area contributed by atoms with Crippen LogP contribution in [-0.4, -0.2) is 17.0 Å². The van der Waals surface area contributed by atoms with Crippen LogP contribution in [0.25, 0.3) is 6.08 Å². The molecule has 1 aliphatic heterocycles. The van der Waals surface area contributed by atoms with Gasteiger partial charge in [-0.15, -0.1) is 0 Å². The fourth-order valence-electron chi connectivity index (χ4n) is 1.28. The van der Waals surface area contributed by atoms with Gasteiger partial charge in [0.1, 0.15) is 5.70 Å². The van der Waals surface area contributed by atoms with Crippen LogP contribution in [0.15, 0.2) is 30.0 Å². The predicted molar refractivity (Wildman–Crippen MR) is 54.2 cm³/mol. The number of amides is 3. The van der Waals surface area contributed by atoms with Crippen molar-refractivity contribution in [2.75, 3.05) is 0 Å². The Bertz CT molecular complexity index is 465. The van der Waals surface area contributed by atoms with E-state index >= 15 is 0 Å². The average molecular weight is 205 g/mol. The van der Waals surface area contributed by atoms with Gasteiger partial charge in [0.2, 0.25) is 0 Å². The van der Waals surface area contributed by atoms with Crippen LogP contribution in [0.1, 0.15) is 5.56 Å². The molecule has 1 aromatic carbocycles. The van der Waals surface area contributed by atoms with Crippen LogP contribution in [0.5, 0.6) is 5.75 Å². The molecule has 0 radical (unpaired) electrons. The summed E-state index contributed by atoms with van der Waals surface area (Å²) in [7, 11) is 0. The van der Waals surface area contributed by atoms with Gasteiger partial charge in [0, 0.05) is 12.1 Å². The van der Waals surface area contributed by atoms with Gasteiger partial charge in [-0.3, -0.25) is 10.1 Å². The van der Waals surface area contributed by atoms with Gasteiger partial charge >= 0.3 is 6.03 Å². The molecule has 5 nitrogen and oxygen atoms in total. The Kier molecular flexibility index (Phi) is 2.13. The Morgan fingerprint density at radius 2 is 2.00 bits per heavy atom. The summed E-state index contributed by atoms with van der Waals surface area (Å²) in [5.41, 5.74) is 0.903. The summed E-state index contributed by atoms with van der Waals surface area (Å²) in [6, 6.07) is 6.18. The molecule has 3 amide bonds. The number of nitrogens with one attached hydrogen (secondary N) is 2. The average Bonchev–Trinajstić information content (AvgIpc) is 2.45. The van der Waals surface area contributed by atoms with Crippen molar-refractivity contribution < 1.29 is 14.7 Å². The molecule has 0 bridgehead atoms. The highest BCUT2D eigenvalue weighted by molar-refractivity contribution is 6.13. The summed E-state index contributed by atoms with van der Waals surface area (Å²) in [6.45, 7) is 0. The highest BCUT2D eigenvalue weighted by atomic mass is 16.3. The first kappa shape index (κ1) is 9.26. The zero-order valence-corrected chi connectivity index (χ0v) is 7.70. The van der Waals surface area contributed by atoms with Crippen molar-refractivity contribution in [1.82, 2.24) is 10.6 Å². The first-order valence-electron chi connectivity index (χ1n) is 4.31. The van der Waals surface area contributed by atoms with E-state index in [1.54, 1.807) is 24.3 Å². The van der Waals surface area contributed by atoms with Gasteiger partial charge in [0.05, 0.1) is 0 Å². The second-order valence-electron chi connectivity index (χ2n) is 3.09. The van der Waals surface area contributed by atoms with Crippen molar-refractivity contribution in [3.05, 3.63) is 35.5 Å². The van der Waals surface area contributed by atoms with Gasteiger partial charge < -0.3 is 10.4 Å². The highest BCUT2D eigenvalue weighted by Gasteiger charge is 2.22. The molecule has 0 spiro atoms. The number of hydrogen-bond donors (Lipinski definition) is 2. The maximum absolute atomic E-state index is 11.2. The van der Waals surface area contributed by atoms with E-state index < -0.39 is 11.9 Å². The smallest absolute Gasteiger partial charge is 0.326 e. The minimum absolute atomic E-state index is 0.200. The second-order valence-corrected chi connectivity index (χ2v) is 3.09. The fourth-order valence-corrected chi connectivity index (χ4v) is 1.28. The lowest BCUT2D eigenvalue weighted by Crippen LogP contribution is -2.22. The lowest BCUT2D eigenvalue weighted by Gasteiger charge is -1.95. The number of benzene rings is 1. The minimum Gasteiger partial charge on any atom is -0.593 e. The quantitative estimate of drug-likeness (QED) is 0.393. The van der Waals surface area contributed by atoms with Gasteiger partial charge in [0.25, 0.3) is 11.7 Å². The van der Waals surface area contributed by atoms with Crippen LogP contribution >= 0.6 is 0 Å². The molecule has 0 unspecified atom stereocenters. The zero-order chi connectivity index (χ0) is 10.8. The Balaban J connectivity index is 2.31. The number of imide groups is 1. The van der Waals surface area contributed by atoms with E-state index in [0.29, 0.717) is 11.3 Å². The van der Waals surface area contributed by atoms with Crippen molar-refractivity contribution >= 4 is 18.0 Å². The largest absolute Gasteiger partial charge is 0.593 e. The van der Waals surface area contributed by atoms with Crippen molar-refractivity contribution in [3.63, 3.8) is 0 Å². The lowest BCUT2D eigenvalue weighted by atomic mass is 10.2. The zero-order valence-electron chi connectivity index (χ0n) is 7.70. The van der Waals surface area contributed by atoms with Crippen LogP contribution in [0.4, 0.5) is 4.79 Å². The van der Waals surface area contributed by atoms with Gasteiger partial charge in [0.15, 0.2) is 0 Å². The van der Waals surface area contributed by atoms with Crippen LogP contribution in [0.3, 0.4) is 0 Å². The van der Waals surface area contributed by atoms with Crippen molar-refractivity contribution in [1.29, 1.82) is 0 Å². The molecule has 2 rings (SSSR count). The number of hydrogen-bond acceptors (Lipinski definition) is 2. The van der Waals surface area contributed by atoms with Gasteiger partial charge in [-0.05, 0) is 11.6 Å². The molecule has 1 heterocycles. The summed E-state index contributed by atoms with van der Waals surface area (Å²) in [5, 5.41) is 11.9. The van der Waals surface area contributed by atoms with Crippen LogP contribution in [0, 0.1) is 0 Å². The van der Waals surface area contributed by atoms with Crippen molar-refractivity contribution in [2.45, 2.75) is 0 Å². The molecule has 0 aromatic heterocycles. The molecular formula is C10H9N2O3+. The summed E-state index contributed by atoms with van der Waals surface area (Å²) in [4.78, 5) is 22.0. The summed E-state index contributed by atoms with van der Waals surface area (Å²) >= 11 is 0. The molecule has 0 atom stereocenters. The van der Waals surface area contributed by atoms with Crippen molar-refractivity contribution in [2.24, 2.45) is 0 Å². The molecule has 76 valence electrons. The van der Waals surface area contributed by atoms with Crippen LogP contribution in [0.2, 0.25) is 0 Å². The molecule has 1 aliphatic rings. The molecule has 0 saturated carbocycles. The molecule has 1 aromatic rings. The number of carbonyl (C=O) groups is 2. The van der Waals surface area contributed by atoms with E-state index in [4.69, 9.17) is 5.11 Å². The van der Waals surface area contributed by atoms with Gasteiger partial charge in [-0.25, -0.2) is 4.79 Å². The van der Waals surface area contributed by atoms with E-state index in [1.807, 2.05) is 0 Å². The van der Waals surface area contributed by atoms with E-state index in [9.17, 15) is 9.59 Å². The lowest BCUT2D eigenvalue weighted by molar-refractivity contribution is -0.115. The SMILES string of the molecule is O=C1NC(=O)/C(=C/c2cccc([OH2+])c2)N1. The fraction of sp³-hybridized carbons (Fsp3) is 0. The molecule has 15 heavy (non-hydrogen) atoms. The molecule has 1 saturated heterocycles. The summed E-state index contributed by atoms with van der Waals surface area (Å²) in [5.74, 6) is -0.0931.